The van der Waals surface area contributed by atoms with E-state index in [0.29, 0.717) is 31.3 Å². The van der Waals surface area contributed by atoms with Crippen LogP contribution in [0.2, 0.25) is 0 Å². The second-order valence-corrected chi connectivity index (χ2v) is 4.97. The fraction of sp³-hybridized carbons (Fsp3) is 0.462. The Morgan fingerprint density at radius 1 is 1.45 bits per heavy atom. The molecule has 2 rings (SSSR count). The lowest BCUT2D eigenvalue weighted by Crippen LogP contribution is -2.35. The molecule has 2 heterocycles. The Morgan fingerprint density at radius 2 is 2.27 bits per heavy atom. The van der Waals surface area contributed by atoms with E-state index in [4.69, 9.17) is 0 Å². The third-order valence-electron chi connectivity index (χ3n) is 2.96. The summed E-state index contributed by atoms with van der Waals surface area (Å²) < 4.78 is 1.61. The highest BCUT2D eigenvalue weighted by Crippen LogP contribution is 1.99. The molecule has 9 nitrogen and oxygen atoms in total. The minimum atomic E-state index is -0.210. The van der Waals surface area contributed by atoms with Gasteiger partial charge in [-0.25, -0.2) is 9.97 Å². The Labute approximate surface area is 127 Å². The molecule has 2 aromatic heterocycles. The summed E-state index contributed by atoms with van der Waals surface area (Å²) in [5, 5.41) is 9.73. The van der Waals surface area contributed by atoms with Gasteiger partial charge in [0.1, 0.15) is 12.7 Å². The highest BCUT2D eigenvalue weighted by atomic mass is 16.2. The van der Waals surface area contributed by atoms with E-state index < -0.39 is 0 Å². The van der Waals surface area contributed by atoms with Crippen molar-refractivity contribution in [3.05, 3.63) is 34.8 Å². The van der Waals surface area contributed by atoms with Crippen molar-refractivity contribution in [1.29, 1.82) is 0 Å². The van der Waals surface area contributed by atoms with E-state index in [1.807, 2.05) is 6.92 Å². The molecule has 118 valence electrons. The summed E-state index contributed by atoms with van der Waals surface area (Å²) in [7, 11) is 0. The van der Waals surface area contributed by atoms with E-state index >= 15 is 0 Å². The molecule has 0 saturated heterocycles. The predicted octanol–water partition coefficient (Wildman–Crippen LogP) is -0.466. The summed E-state index contributed by atoms with van der Waals surface area (Å²) in [6.45, 7) is 4.94. The van der Waals surface area contributed by atoms with Gasteiger partial charge >= 0.3 is 0 Å². The van der Waals surface area contributed by atoms with Crippen molar-refractivity contribution in [1.82, 2.24) is 30.0 Å². The number of carbonyl (C=O) groups is 1. The summed E-state index contributed by atoms with van der Waals surface area (Å²) in [5.41, 5.74) is 0.428. The molecule has 22 heavy (non-hydrogen) atoms. The fourth-order valence-corrected chi connectivity index (χ4v) is 1.89. The first kappa shape index (κ1) is 15.7. The van der Waals surface area contributed by atoms with Crippen molar-refractivity contribution in [3.8, 4) is 0 Å². The maximum Gasteiger partial charge on any atom is 0.252 e. The lowest BCUT2D eigenvalue weighted by molar-refractivity contribution is -0.124. The predicted molar refractivity (Wildman–Crippen MR) is 80.3 cm³/mol. The lowest BCUT2D eigenvalue weighted by atomic mass is 10.1. The highest BCUT2D eigenvalue weighted by Gasteiger charge is 2.13. The first-order chi connectivity index (χ1) is 10.5. The zero-order chi connectivity index (χ0) is 15.9. The van der Waals surface area contributed by atoms with Crippen LogP contribution >= 0.6 is 0 Å². The first-order valence-electron chi connectivity index (χ1n) is 6.96. The summed E-state index contributed by atoms with van der Waals surface area (Å²) >= 11 is 0. The Bertz CT molecular complexity index is 665. The van der Waals surface area contributed by atoms with Gasteiger partial charge in [0.2, 0.25) is 11.9 Å². The van der Waals surface area contributed by atoms with E-state index in [-0.39, 0.29) is 17.4 Å². The number of hydrogen-bond donors (Lipinski definition) is 3. The molecule has 9 heteroatoms. The van der Waals surface area contributed by atoms with Gasteiger partial charge in [0, 0.05) is 24.8 Å². The van der Waals surface area contributed by atoms with Gasteiger partial charge in [-0.1, -0.05) is 6.92 Å². The summed E-state index contributed by atoms with van der Waals surface area (Å²) in [4.78, 5) is 33.7. The Hall–Kier alpha value is -2.71. The Balaban J connectivity index is 1.71. The molecular formula is C13H19N7O2. The molecule has 0 aliphatic heterocycles. The molecule has 0 spiro atoms. The lowest BCUT2D eigenvalue weighted by Gasteiger charge is -2.12. The van der Waals surface area contributed by atoms with Gasteiger partial charge < -0.3 is 10.6 Å². The van der Waals surface area contributed by atoms with E-state index in [1.54, 1.807) is 17.9 Å². The van der Waals surface area contributed by atoms with Crippen molar-refractivity contribution in [2.45, 2.75) is 20.4 Å². The van der Waals surface area contributed by atoms with Crippen LogP contribution in [0, 0.1) is 12.8 Å². The number of H-pyrrole nitrogens is 1. The maximum absolute atomic E-state index is 11.9. The van der Waals surface area contributed by atoms with Crippen molar-refractivity contribution >= 4 is 11.9 Å². The second-order valence-electron chi connectivity index (χ2n) is 4.97. The van der Waals surface area contributed by atoms with E-state index in [9.17, 15) is 9.59 Å². The van der Waals surface area contributed by atoms with Crippen molar-refractivity contribution in [2.75, 3.05) is 18.4 Å². The molecule has 3 N–H and O–H groups in total. The molecule has 2 aromatic rings. The fourth-order valence-electron chi connectivity index (χ4n) is 1.89. The summed E-state index contributed by atoms with van der Waals surface area (Å²) in [5.74, 6) is 0.122. The van der Waals surface area contributed by atoms with E-state index in [2.05, 4.69) is 30.7 Å². The van der Waals surface area contributed by atoms with E-state index in [1.165, 1.54) is 12.4 Å². The number of aryl methyl sites for hydroxylation is 1. The van der Waals surface area contributed by atoms with Crippen molar-refractivity contribution < 1.29 is 4.79 Å². The zero-order valence-corrected chi connectivity index (χ0v) is 12.5. The molecule has 0 radical (unpaired) electrons. The summed E-state index contributed by atoms with van der Waals surface area (Å²) in [6.07, 6.45) is 3.01. The van der Waals surface area contributed by atoms with Crippen LogP contribution in [0.3, 0.4) is 0 Å². The largest absolute Gasteiger partial charge is 0.354 e. The minimum Gasteiger partial charge on any atom is -0.354 e. The Kier molecular flexibility index (Phi) is 5.23. The number of carbonyl (C=O) groups excluding carboxylic acids is 1. The topological polar surface area (TPSA) is 118 Å². The second kappa shape index (κ2) is 7.34. The van der Waals surface area contributed by atoms with Crippen LogP contribution in [0.15, 0.2) is 23.5 Å². The smallest absolute Gasteiger partial charge is 0.252 e. The highest BCUT2D eigenvalue weighted by molar-refractivity contribution is 5.78. The molecule has 0 fully saturated rings. The number of aromatic amines is 1. The zero-order valence-electron chi connectivity index (χ0n) is 12.5. The van der Waals surface area contributed by atoms with Gasteiger partial charge in [-0.15, -0.1) is 0 Å². The molecular weight excluding hydrogens is 286 g/mol. The molecule has 1 atom stereocenters. The van der Waals surface area contributed by atoms with Gasteiger partial charge in [0.05, 0.1) is 12.5 Å². The number of nitrogens with zero attached hydrogens (tertiary/aromatic N) is 4. The molecule has 0 saturated carbocycles. The van der Waals surface area contributed by atoms with Crippen LogP contribution in [0.5, 0.6) is 0 Å². The normalized spacial score (nSPS) is 11.9. The third kappa shape index (κ3) is 4.69. The van der Waals surface area contributed by atoms with E-state index in [0.717, 1.165) is 0 Å². The van der Waals surface area contributed by atoms with Gasteiger partial charge in [0.15, 0.2) is 0 Å². The molecule has 1 unspecified atom stereocenters. The first-order valence-corrected chi connectivity index (χ1v) is 6.96. The van der Waals surface area contributed by atoms with Gasteiger partial charge in [-0.05, 0) is 6.92 Å². The van der Waals surface area contributed by atoms with Crippen molar-refractivity contribution in [2.24, 2.45) is 5.92 Å². The third-order valence-corrected chi connectivity index (χ3v) is 2.96. The SMILES string of the molecule is Cc1cc(=O)[nH]c(NCCNC(=O)C(C)Cn2cncn2)n1. The quantitative estimate of drug-likeness (QED) is 0.596. The molecule has 0 aromatic carbocycles. The molecule has 0 bridgehead atoms. The number of anilines is 1. The van der Waals surface area contributed by atoms with Crippen LogP contribution in [0.25, 0.3) is 0 Å². The van der Waals surface area contributed by atoms with Gasteiger partial charge in [0.25, 0.3) is 5.56 Å². The number of hydrogen-bond acceptors (Lipinski definition) is 6. The van der Waals surface area contributed by atoms with Crippen molar-refractivity contribution in [3.63, 3.8) is 0 Å². The average molecular weight is 305 g/mol. The minimum absolute atomic E-state index is 0.0667. The molecule has 0 aliphatic rings. The van der Waals surface area contributed by atoms with Crippen LogP contribution in [-0.4, -0.2) is 43.7 Å². The monoisotopic (exact) mass is 305 g/mol. The van der Waals surface area contributed by atoms with Crippen LogP contribution in [-0.2, 0) is 11.3 Å². The van der Waals surface area contributed by atoms with Gasteiger partial charge in [-0.2, -0.15) is 5.10 Å². The number of rotatable bonds is 7. The average Bonchev–Trinajstić information content (AvgIpc) is 2.95. The summed E-state index contributed by atoms with van der Waals surface area (Å²) in [6, 6.07) is 1.42. The van der Waals surface area contributed by atoms with Crippen LogP contribution in [0.4, 0.5) is 5.95 Å². The van der Waals surface area contributed by atoms with Gasteiger partial charge in [-0.3, -0.25) is 19.3 Å². The molecule has 1 amide bonds. The number of nitrogens with one attached hydrogen (secondary N) is 3. The maximum atomic E-state index is 11.9. The number of amides is 1. The number of aromatic nitrogens is 5. The Morgan fingerprint density at radius 3 is 2.95 bits per heavy atom. The van der Waals surface area contributed by atoms with Crippen LogP contribution in [0.1, 0.15) is 12.6 Å². The molecule has 0 aliphatic carbocycles. The standard InChI is InChI=1S/C13H19N7O2/c1-9(6-20-8-14-7-17-20)12(22)15-3-4-16-13-18-10(2)5-11(21)19-13/h5,7-9H,3-4,6H2,1-2H3,(H,15,22)(H2,16,18,19,21). The van der Waals surface area contributed by atoms with Crippen LogP contribution < -0.4 is 16.2 Å².